The Morgan fingerprint density at radius 3 is 2.40 bits per heavy atom. The van der Waals surface area contributed by atoms with Crippen LogP contribution < -0.4 is 0 Å². The molecule has 0 atom stereocenters. The second kappa shape index (κ2) is 4.51. The summed E-state index contributed by atoms with van der Waals surface area (Å²) in [5.74, 6) is 0.749. The van der Waals surface area contributed by atoms with E-state index in [1.807, 2.05) is 55.5 Å². The van der Waals surface area contributed by atoms with E-state index < -0.39 is 0 Å². The monoisotopic (exact) mass is 196 g/mol. The molecule has 1 heterocycles. The average molecular weight is 196 g/mol. The largest absolute Gasteiger partial charge is 0.237 e. The van der Waals surface area contributed by atoms with Crippen LogP contribution in [0, 0.1) is 0 Å². The van der Waals surface area contributed by atoms with Crippen molar-refractivity contribution in [2.45, 2.75) is 6.92 Å². The maximum absolute atomic E-state index is 4.43. The van der Waals surface area contributed by atoms with Gasteiger partial charge in [-0.3, -0.25) is 0 Å². The zero-order chi connectivity index (χ0) is 10.5. The van der Waals surface area contributed by atoms with E-state index in [1.54, 1.807) is 6.20 Å². The molecular formula is C13H12N2. The Labute approximate surface area is 89.3 Å². The van der Waals surface area contributed by atoms with E-state index in [1.165, 1.54) is 0 Å². The zero-order valence-electron chi connectivity index (χ0n) is 8.59. The van der Waals surface area contributed by atoms with E-state index in [4.69, 9.17) is 0 Å². The lowest BCUT2D eigenvalue weighted by molar-refractivity contribution is 1.27. The van der Waals surface area contributed by atoms with Crippen LogP contribution >= 0.6 is 0 Å². The van der Waals surface area contributed by atoms with Gasteiger partial charge in [-0.1, -0.05) is 36.4 Å². The number of aromatic nitrogens is 1. The third kappa shape index (κ3) is 2.50. The van der Waals surface area contributed by atoms with Gasteiger partial charge in [0.1, 0.15) is 0 Å². The first-order valence-corrected chi connectivity index (χ1v) is 4.88. The number of pyridine rings is 1. The van der Waals surface area contributed by atoms with Crippen LogP contribution in [0.3, 0.4) is 0 Å². The fraction of sp³-hybridized carbons (Fsp3) is 0.0769. The molecule has 2 nitrogen and oxygen atoms in total. The Bertz CT molecular complexity index is 446. The van der Waals surface area contributed by atoms with Crippen LogP contribution in [0.1, 0.15) is 12.5 Å². The van der Waals surface area contributed by atoms with E-state index in [0.717, 1.165) is 17.1 Å². The Morgan fingerprint density at radius 2 is 1.73 bits per heavy atom. The molecule has 0 bridgehead atoms. The summed E-state index contributed by atoms with van der Waals surface area (Å²) in [5.41, 5.74) is 2.11. The predicted octanol–water partition coefficient (Wildman–Crippen LogP) is 3.22. The molecule has 74 valence electrons. The topological polar surface area (TPSA) is 25.2 Å². The highest BCUT2D eigenvalue weighted by molar-refractivity contribution is 5.99. The van der Waals surface area contributed by atoms with Crippen molar-refractivity contribution in [3.63, 3.8) is 0 Å². The number of nitrogens with zero attached hydrogens (tertiary/aromatic N) is 2. The molecule has 15 heavy (non-hydrogen) atoms. The average Bonchev–Trinajstić information content (AvgIpc) is 2.31. The number of aliphatic imine (C=N–C) groups is 1. The molecule has 0 aliphatic heterocycles. The third-order valence-electron chi connectivity index (χ3n) is 2.12. The molecule has 0 aliphatic carbocycles. The first kappa shape index (κ1) is 9.59. The van der Waals surface area contributed by atoms with Crippen molar-refractivity contribution in [2.24, 2.45) is 4.99 Å². The molecule has 0 unspecified atom stereocenters. The highest BCUT2D eigenvalue weighted by Gasteiger charge is 1.95. The Hall–Kier alpha value is -1.96. The lowest BCUT2D eigenvalue weighted by Gasteiger charge is -1.99. The van der Waals surface area contributed by atoms with Crippen molar-refractivity contribution < 1.29 is 0 Å². The van der Waals surface area contributed by atoms with Crippen molar-refractivity contribution in [1.29, 1.82) is 0 Å². The number of benzene rings is 1. The molecule has 0 saturated carbocycles. The van der Waals surface area contributed by atoms with E-state index in [9.17, 15) is 0 Å². The fourth-order valence-corrected chi connectivity index (χ4v) is 1.34. The fourth-order valence-electron chi connectivity index (χ4n) is 1.34. The molecule has 0 N–H and O–H groups in total. The first-order valence-electron chi connectivity index (χ1n) is 4.88. The van der Waals surface area contributed by atoms with Gasteiger partial charge in [-0.15, -0.1) is 0 Å². The van der Waals surface area contributed by atoms with Gasteiger partial charge < -0.3 is 0 Å². The van der Waals surface area contributed by atoms with Crippen molar-refractivity contribution in [1.82, 2.24) is 4.98 Å². The van der Waals surface area contributed by atoms with Gasteiger partial charge in [0, 0.05) is 11.9 Å². The van der Waals surface area contributed by atoms with Crippen molar-refractivity contribution in [2.75, 3.05) is 0 Å². The molecule has 2 aromatic rings. The molecule has 1 aromatic carbocycles. The molecule has 1 aromatic heterocycles. The summed E-state index contributed by atoms with van der Waals surface area (Å²) in [4.78, 5) is 8.59. The van der Waals surface area contributed by atoms with E-state index in [-0.39, 0.29) is 0 Å². The van der Waals surface area contributed by atoms with Gasteiger partial charge in [-0.25, -0.2) is 9.98 Å². The summed E-state index contributed by atoms with van der Waals surface area (Å²) < 4.78 is 0. The lowest BCUT2D eigenvalue weighted by Crippen LogP contribution is -1.93. The van der Waals surface area contributed by atoms with Gasteiger partial charge in [-0.05, 0) is 24.6 Å². The van der Waals surface area contributed by atoms with Crippen LogP contribution in [0.2, 0.25) is 0 Å². The van der Waals surface area contributed by atoms with Gasteiger partial charge >= 0.3 is 0 Å². The molecule has 0 fully saturated rings. The SMILES string of the molecule is C/C(=N/c1ccccn1)c1ccccc1. The summed E-state index contributed by atoms with van der Waals surface area (Å²) in [6.45, 7) is 1.99. The first-order chi connectivity index (χ1) is 7.36. The molecule has 0 spiro atoms. The van der Waals surface area contributed by atoms with Crippen molar-refractivity contribution in [3.05, 3.63) is 60.3 Å². The molecule has 2 rings (SSSR count). The smallest absolute Gasteiger partial charge is 0.152 e. The minimum atomic E-state index is 0.749. The molecule has 0 saturated heterocycles. The summed E-state index contributed by atoms with van der Waals surface area (Å²) in [5, 5.41) is 0. The van der Waals surface area contributed by atoms with Crippen LogP contribution in [0.25, 0.3) is 0 Å². The summed E-state index contributed by atoms with van der Waals surface area (Å²) in [6.07, 6.45) is 1.75. The van der Waals surface area contributed by atoms with Crippen LogP contribution in [-0.4, -0.2) is 10.7 Å². The summed E-state index contributed by atoms with van der Waals surface area (Å²) in [6, 6.07) is 15.8. The second-order valence-corrected chi connectivity index (χ2v) is 3.25. The molecule has 0 radical (unpaired) electrons. The maximum atomic E-state index is 4.43. The minimum absolute atomic E-state index is 0.749. The van der Waals surface area contributed by atoms with Gasteiger partial charge in [0.05, 0.1) is 0 Å². The van der Waals surface area contributed by atoms with Crippen LogP contribution in [0.4, 0.5) is 5.82 Å². The Kier molecular flexibility index (Phi) is 2.88. The lowest BCUT2D eigenvalue weighted by atomic mass is 10.1. The van der Waals surface area contributed by atoms with Crippen molar-refractivity contribution in [3.8, 4) is 0 Å². The Balaban J connectivity index is 2.29. The van der Waals surface area contributed by atoms with Gasteiger partial charge in [0.15, 0.2) is 5.82 Å². The number of hydrogen-bond donors (Lipinski definition) is 0. The summed E-state index contributed by atoms with van der Waals surface area (Å²) >= 11 is 0. The van der Waals surface area contributed by atoms with Crippen molar-refractivity contribution >= 4 is 11.5 Å². The highest BCUT2D eigenvalue weighted by atomic mass is 14.9. The number of rotatable bonds is 2. The second-order valence-electron chi connectivity index (χ2n) is 3.25. The molecule has 0 amide bonds. The van der Waals surface area contributed by atoms with Gasteiger partial charge in [0.2, 0.25) is 0 Å². The van der Waals surface area contributed by atoms with E-state index in [2.05, 4.69) is 9.98 Å². The third-order valence-corrected chi connectivity index (χ3v) is 2.12. The zero-order valence-corrected chi connectivity index (χ0v) is 8.59. The Morgan fingerprint density at radius 1 is 1.00 bits per heavy atom. The van der Waals surface area contributed by atoms with Crippen LogP contribution in [-0.2, 0) is 0 Å². The molecular weight excluding hydrogens is 184 g/mol. The maximum Gasteiger partial charge on any atom is 0.152 e. The molecule has 2 heteroatoms. The number of hydrogen-bond acceptors (Lipinski definition) is 2. The highest BCUT2D eigenvalue weighted by Crippen LogP contribution is 2.09. The standard InChI is InChI=1S/C13H12N2/c1-11(12-7-3-2-4-8-12)15-13-9-5-6-10-14-13/h2-10H,1H3/b15-11-. The molecule has 0 aliphatic rings. The predicted molar refractivity (Wildman–Crippen MR) is 62.6 cm³/mol. The normalized spacial score (nSPS) is 11.4. The van der Waals surface area contributed by atoms with Gasteiger partial charge in [-0.2, -0.15) is 0 Å². The van der Waals surface area contributed by atoms with E-state index >= 15 is 0 Å². The van der Waals surface area contributed by atoms with E-state index in [0.29, 0.717) is 0 Å². The van der Waals surface area contributed by atoms with Crippen LogP contribution in [0.15, 0.2) is 59.7 Å². The van der Waals surface area contributed by atoms with Gasteiger partial charge in [0.25, 0.3) is 0 Å². The minimum Gasteiger partial charge on any atom is -0.237 e. The summed E-state index contributed by atoms with van der Waals surface area (Å²) in [7, 11) is 0. The van der Waals surface area contributed by atoms with Crippen LogP contribution in [0.5, 0.6) is 0 Å². The quantitative estimate of drug-likeness (QED) is 0.677.